The van der Waals surface area contributed by atoms with E-state index in [1.165, 1.54) is 4.68 Å². The molecule has 0 aliphatic carbocycles. The van der Waals surface area contributed by atoms with Gasteiger partial charge < -0.3 is 25.6 Å². The van der Waals surface area contributed by atoms with E-state index in [0.29, 0.717) is 36.5 Å². The molecule has 31 heavy (non-hydrogen) atoms. The number of ether oxygens (including phenoxy) is 1. The number of piperazine rings is 1. The van der Waals surface area contributed by atoms with Crippen LogP contribution in [0.4, 0.5) is 28.1 Å². The van der Waals surface area contributed by atoms with E-state index in [1.807, 2.05) is 31.2 Å². The molecule has 2 aromatic heterocycles. The van der Waals surface area contributed by atoms with Crippen molar-refractivity contribution in [3.63, 3.8) is 0 Å². The number of benzene rings is 1. The Hall–Kier alpha value is -3.53. The van der Waals surface area contributed by atoms with Gasteiger partial charge in [0.25, 0.3) is 0 Å². The van der Waals surface area contributed by atoms with Crippen LogP contribution < -0.4 is 16.0 Å². The van der Waals surface area contributed by atoms with Gasteiger partial charge in [0.15, 0.2) is 0 Å². The Morgan fingerprint density at radius 1 is 1.16 bits per heavy atom. The molecule has 3 N–H and O–H groups in total. The molecule has 1 saturated heterocycles. The summed E-state index contributed by atoms with van der Waals surface area (Å²) in [5.41, 5.74) is 8.58. The lowest BCUT2D eigenvalue weighted by atomic mass is 10.2. The molecule has 1 aliphatic rings. The highest BCUT2D eigenvalue weighted by Gasteiger charge is 2.22. The smallest absolute Gasteiger partial charge is 0.409 e. The fourth-order valence-corrected chi connectivity index (χ4v) is 3.51. The largest absolute Gasteiger partial charge is 0.450 e. The SMILES string of the molecule is CCOC(=O)N1CCN(c2ccc(Nc3nc(N)n(-c4ccnc(Cl)c4)n3)cc2)CC1. The van der Waals surface area contributed by atoms with Crippen LogP contribution in [0.2, 0.25) is 5.15 Å². The molecule has 3 aromatic rings. The van der Waals surface area contributed by atoms with E-state index < -0.39 is 0 Å². The standard InChI is InChI=1S/C20H23ClN8O2/c1-2-31-20(30)28-11-9-27(10-12-28)15-5-3-14(4-6-15)24-19-25-18(22)29(26-19)16-7-8-23-17(21)13-16/h3-8,13H,2,9-12H2,1H3,(H3,22,24,25,26). The van der Waals surface area contributed by atoms with Crippen LogP contribution in [0.15, 0.2) is 42.6 Å². The number of nitrogen functional groups attached to an aromatic ring is 1. The number of hydrogen-bond acceptors (Lipinski definition) is 8. The molecular formula is C20H23ClN8O2. The van der Waals surface area contributed by atoms with Gasteiger partial charge in [0.2, 0.25) is 11.9 Å². The van der Waals surface area contributed by atoms with Crippen LogP contribution in [-0.2, 0) is 4.74 Å². The van der Waals surface area contributed by atoms with Crippen LogP contribution in [0.3, 0.4) is 0 Å². The molecule has 1 amide bonds. The Morgan fingerprint density at radius 3 is 2.58 bits per heavy atom. The summed E-state index contributed by atoms with van der Waals surface area (Å²) in [6.07, 6.45) is 1.33. The number of pyridine rings is 1. The minimum Gasteiger partial charge on any atom is -0.450 e. The Morgan fingerprint density at radius 2 is 1.90 bits per heavy atom. The predicted molar refractivity (Wildman–Crippen MR) is 119 cm³/mol. The average Bonchev–Trinajstić information content (AvgIpc) is 3.14. The Labute approximate surface area is 184 Å². The maximum absolute atomic E-state index is 11.8. The van der Waals surface area contributed by atoms with Crippen molar-refractivity contribution in [3.05, 3.63) is 47.7 Å². The van der Waals surface area contributed by atoms with Gasteiger partial charge in [0.05, 0.1) is 12.3 Å². The number of aromatic nitrogens is 4. The first kappa shape index (κ1) is 20.7. The number of amides is 1. The number of nitrogens with two attached hydrogens (primary N) is 1. The van der Waals surface area contributed by atoms with Gasteiger partial charge in [-0.3, -0.25) is 0 Å². The molecule has 0 bridgehead atoms. The van der Waals surface area contributed by atoms with Gasteiger partial charge in [-0.2, -0.15) is 9.67 Å². The lowest BCUT2D eigenvalue weighted by Gasteiger charge is -2.35. The minimum atomic E-state index is -0.248. The van der Waals surface area contributed by atoms with E-state index in [-0.39, 0.29) is 12.0 Å². The Balaban J connectivity index is 1.38. The van der Waals surface area contributed by atoms with Gasteiger partial charge in [0, 0.05) is 49.8 Å². The summed E-state index contributed by atoms with van der Waals surface area (Å²) in [6.45, 7) is 4.98. The van der Waals surface area contributed by atoms with E-state index in [2.05, 4.69) is 25.3 Å². The number of nitrogens with zero attached hydrogens (tertiary/aromatic N) is 6. The molecule has 0 spiro atoms. The number of rotatable bonds is 5. The number of carbonyl (C=O) groups excluding carboxylic acids is 1. The van der Waals surface area contributed by atoms with Crippen molar-refractivity contribution in [1.82, 2.24) is 24.6 Å². The van der Waals surface area contributed by atoms with Gasteiger partial charge >= 0.3 is 6.09 Å². The second-order valence-corrected chi connectivity index (χ2v) is 7.27. The molecule has 3 heterocycles. The summed E-state index contributed by atoms with van der Waals surface area (Å²) < 4.78 is 6.56. The first-order valence-corrected chi connectivity index (χ1v) is 10.3. The molecule has 1 aromatic carbocycles. The number of halogens is 1. The highest BCUT2D eigenvalue weighted by molar-refractivity contribution is 6.29. The summed E-state index contributed by atoms with van der Waals surface area (Å²) in [5, 5.41) is 7.90. The Kier molecular flexibility index (Phi) is 6.08. The molecule has 0 radical (unpaired) electrons. The number of anilines is 4. The number of nitrogens with one attached hydrogen (secondary N) is 1. The summed E-state index contributed by atoms with van der Waals surface area (Å²) >= 11 is 5.94. The zero-order chi connectivity index (χ0) is 21.8. The van der Waals surface area contributed by atoms with E-state index in [0.717, 1.165) is 24.5 Å². The van der Waals surface area contributed by atoms with Crippen LogP contribution >= 0.6 is 11.6 Å². The van der Waals surface area contributed by atoms with Gasteiger partial charge in [-0.15, -0.1) is 5.10 Å². The molecule has 1 fully saturated rings. The maximum Gasteiger partial charge on any atom is 0.409 e. The zero-order valence-electron chi connectivity index (χ0n) is 17.0. The minimum absolute atomic E-state index is 0.237. The van der Waals surface area contributed by atoms with Crippen LogP contribution in [0.1, 0.15) is 6.92 Å². The monoisotopic (exact) mass is 442 g/mol. The average molecular weight is 443 g/mol. The lowest BCUT2D eigenvalue weighted by Crippen LogP contribution is -2.49. The predicted octanol–water partition coefficient (Wildman–Crippen LogP) is 2.92. The van der Waals surface area contributed by atoms with Crippen molar-refractivity contribution in [3.8, 4) is 5.69 Å². The van der Waals surface area contributed by atoms with E-state index in [1.54, 1.807) is 23.2 Å². The molecular weight excluding hydrogens is 420 g/mol. The third-order valence-electron chi connectivity index (χ3n) is 4.88. The highest BCUT2D eigenvalue weighted by atomic mass is 35.5. The first-order chi connectivity index (χ1) is 15.0. The highest BCUT2D eigenvalue weighted by Crippen LogP contribution is 2.23. The molecule has 4 rings (SSSR count). The van der Waals surface area contributed by atoms with Crippen molar-refractivity contribution in [2.24, 2.45) is 0 Å². The third kappa shape index (κ3) is 4.80. The van der Waals surface area contributed by atoms with Gasteiger partial charge in [-0.1, -0.05) is 11.6 Å². The van der Waals surface area contributed by atoms with Gasteiger partial charge in [-0.25, -0.2) is 9.78 Å². The fraction of sp³-hybridized carbons (Fsp3) is 0.300. The van der Waals surface area contributed by atoms with Gasteiger partial charge in [0.1, 0.15) is 5.15 Å². The molecule has 0 saturated carbocycles. The topological polar surface area (TPSA) is 114 Å². The summed E-state index contributed by atoms with van der Waals surface area (Å²) in [6, 6.07) is 11.3. The quantitative estimate of drug-likeness (QED) is 0.579. The molecule has 10 nitrogen and oxygen atoms in total. The summed E-state index contributed by atoms with van der Waals surface area (Å²) in [4.78, 5) is 24.0. The molecule has 0 atom stereocenters. The normalized spacial score (nSPS) is 13.9. The van der Waals surface area contributed by atoms with Crippen LogP contribution in [-0.4, -0.2) is 63.5 Å². The molecule has 162 valence electrons. The van der Waals surface area contributed by atoms with E-state index in [4.69, 9.17) is 22.1 Å². The van der Waals surface area contributed by atoms with Crippen LogP contribution in [0, 0.1) is 0 Å². The number of hydrogen-bond donors (Lipinski definition) is 2. The van der Waals surface area contributed by atoms with E-state index in [9.17, 15) is 4.79 Å². The fourth-order valence-electron chi connectivity index (χ4n) is 3.34. The van der Waals surface area contributed by atoms with Crippen molar-refractivity contribution in [1.29, 1.82) is 0 Å². The second-order valence-electron chi connectivity index (χ2n) is 6.89. The lowest BCUT2D eigenvalue weighted by molar-refractivity contribution is 0.105. The molecule has 0 unspecified atom stereocenters. The summed E-state index contributed by atoms with van der Waals surface area (Å²) in [7, 11) is 0. The van der Waals surface area contributed by atoms with Crippen LogP contribution in [0.25, 0.3) is 5.69 Å². The van der Waals surface area contributed by atoms with Crippen molar-refractivity contribution in [2.45, 2.75) is 6.92 Å². The van der Waals surface area contributed by atoms with Crippen molar-refractivity contribution < 1.29 is 9.53 Å². The molecule has 1 aliphatic heterocycles. The van der Waals surface area contributed by atoms with Crippen molar-refractivity contribution in [2.75, 3.05) is 48.7 Å². The number of carbonyl (C=O) groups is 1. The third-order valence-corrected chi connectivity index (χ3v) is 5.09. The second kappa shape index (κ2) is 9.09. The Bertz CT molecular complexity index is 1050. The maximum atomic E-state index is 11.8. The van der Waals surface area contributed by atoms with Crippen molar-refractivity contribution >= 4 is 41.0 Å². The van der Waals surface area contributed by atoms with Gasteiger partial charge in [-0.05, 0) is 37.3 Å². The molecule has 11 heteroatoms. The van der Waals surface area contributed by atoms with Crippen LogP contribution in [0.5, 0.6) is 0 Å². The first-order valence-electron chi connectivity index (χ1n) is 9.91. The summed E-state index contributed by atoms with van der Waals surface area (Å²) in [5.74, 6) is 0.613. The zero-order valence-corrected chi connectivity index (χ0v) is 17.8. The van der Waals surface area contributed by atoms with E-state index >= 15 is 0 Å².